The molecule has 2 aromatic rings. The second kappa shape index (κ2) is 7.00. The van der Waals surface area contributed by atoms with Gasteiger partial charge >= 0.3 is 0 Å². The number of hydrogen-bond acceptors (Lipinski definition) is 3. The van der Waals surface area contributed by atoms with Crippen molar-refractivity contribution in [2.24, 2.45) is 0 Å². The largest absolute Gasteiger partial charge is 0.309 e. The van der Waals surface area contributed by atoms with Crippen molar-refractivity contribution in [2.45, 2.75) is 46.6 Å². The van der Waals surface area contributed by atoms with Crippen molar-refractivity contribution in [1.29, 1.82) is 0 Å². The summed E-state index contributed by atoms with van der Waals surface area (Å²) >= 11 is 1.80. The van der Waals surface area contributed by atoms with Gasteiger partial charge in [-0.05, 0) is 56.8 Å². The van der Waals surface area contributed by atoms with Gasteiger partial charge in [-0.3, -0.25) is 0 Å². The maximum absolute atomic E-state index is 4.41. The summed E-state index contributed by atoms with van der Waals surface area (Å²) in [6.45, 7) is 9.74. The molecule has 2 nitrogen and oxygen atoms in total. The van der Waals surface area contributed by atoms with Crippen LogP contribution in [0.1, 0.15) is 46.0 Å². The van der Waals surface area contributed by atoms with Crippen molar-refractivity contribution in [3.63, 3.8) is 0 Å². The van der Waals surface area contributed by atoms with Gasteiger partial charge in [0, 0.05) is 17.1 Å². The molecule has 2 rings (SSSR count). The normalized spacial score (nSPS) is 12.6. The molecular formula is C17H24N2S. The lowest BCUT2D eigenvalue weighted by Gasteiger charge is -2.19. The minimum absolute atomic E-state index is 0.376. The van der Waals surface area contributed by atoms with E-state index in [4.69, 9.17) is 0 Å². The summed E-state index contributed by atoms with van der Waals surface area (Å²) in [6, 6.07) is 6.93. The summed E-state index contributed by atoms with van der Waals surface area (Å²) in [5.74, 6) is 0. The molecule has 1 heterocycles. The molecule has 108 valence electrons. The second-order valence-corrected chi connectivity index (χ2v) is 6.63. The summed E-state index contributed by atoms with van der Waals surface area (Å²) in [4.78, 5) is 5.76. The van der Waals surface area contributed by atoms with Gasteiger partial charge < -0.3 is 5.32 Å². The Labute approximate surface area is 126 Å². The molecule has 0 amide bonds. The average Bonchev–Trinajstić information content (AvgIpc) is 2.84. The fourth-order valence-corrected chi connectivity index (χ4v) is 3.37. The molecule has 1 N–H and O–H groups in total. The van der Waals surface area contributed by atoms with Crippen LogP contribution in [0.2, 0.25) is 0 Å². The molecule has 0 bridgehead atoms. The monoisotopic (exact) mass is 288 g/mol. The van der Waals surface area contributed by atoms with Gasteiger partial charge in [0.1, 0.15) is 0 Å². The van der Waals surface area contributed by atoms with Crippen LogP contribution in [0.25, 0.3) is 0 Å². The first-order valence-electron chi connectivity index (χ1n) is 7.32. The molecule has 20 heavy (non-hydrogen) atoms. The third kappa shape index (κ3) is 3.68. The lowest BCUT2D eigenvalue weighted by Crippen LogP contribution is -2.24. The van der Waals surface area contributed by atoms with Gasteiger partial charge in [0.2, 0.25) is 0 Å². The van der Waals surface area contributed by atoms with E-state index in [1.54, 1.807) is 11.3 Å². The molecule has 0 radical (unpaired) electrons. The topological polar surface area (TPSA) is 24.9 Å². The number of thiazole rings is 1. The molecule has 3 heteroatoms. The number of nitrogens with one attached hydrogen (secondary N) is 1. The molecule has 0 aliphatic heterocycles. The summed E-state index contributed by atoms with van der Waals surface area (Å²) in [7, 11) is 0. The van der Waals surface area contributed by atoms with Gasteiger partial charge in [0.05, 0.1) is 5.01 Å². The van der Waals surface area contributed by atoms with Crippen molar-refractivity contribution in [2.75, 3.05) is 6.54 Å². The van der Waals surface area contributed by atoms with E-state index in [1.807, 2.05) is 6.20 Å². The predicted molar refractivity (Wildman–Crippen MR) is 87.5 cm³/mol. The van der Waals surface area contributed by atoms with Crippen molar-refractivity contribution >= 4 is 11.3 Å². The average molecular weight is 288 g/mol. The van der Waals surface area contributed by atoms with E-state index in [0.717, 1.165) is 24.4 Å². The van der Waals surface area contributed by atoms with E-state index in [-0.39, 0.29) is 0 Å². The molecule has 0 fully saturated rings. The second-order valence-electron chi connectivity index (χ2n) is 5.36. The smallest absolute Gasteiger partial charge is 0.0897 e. The highest BCUT2D eigenvalue weighted by Crippen LogP contribution is 2.26. The quantitative estimate of drug-likeness (QED) is 0.854. The zero-order chi connectivity index (χ0) is 14.5. The highest BCUT2D eigenvalue weighted by molar-refractivity contribution is 7.11. The molecule has 1 atom stereocenters. The highest BCUT2D eigenvalue weighted by atomic mass is 32.1. The fraction of sp³-hybridized carbons (Fsp3) is 0.471. The van der Waals surface area contributed by atoms with Crippen LogP contribution in [0, 0.1) is 20.8 Å². The van der Waals surface area contributed by atoms with Crippen molar-refractivity contribution in [1.82, 2.24) is 10.3 Å². The van der Waals surface area contributed by atoms with Crippen LogP contribution in [-0.2, 0) is 6.42 Å². The van der Waals surface area contributed by atoms with Crippen LogP contribution < -0.4 is 5.32 Å². The number of rotatable bonds is 6. The molecule has 0 aliphatic carbocycles. The maximum Gasteiger partial charge on any atom is 0.0897 e. The summed E-state index contributed by atoms with van der Waals surface area (Å²) in [6.07, 6.45) is 4.22. The number of aryl methyl sites for hydroxylation is 3. The molecule has 0 aliphatic rings. The molecule has 1 aromatic heterocycles. The van der Waals surface area contributed by atoms with E-state index >= 15 is 0 Å². The molecule has 0 saturated heterocycles. The van der Waals surface area contributed by atoms with Gasteiger partial charge in [-0.25, -0.2) is 4.98 Å². The number of nitrogens with zero attached hydrogens (tertiary/aromatic N) is 1. The first-order chi connectivity index (χ1) is 9.61. The Morgan fingerprint density at radius 1 is 1.20 bits per heavy atom. The van der Waals surface area contributed by atoms with Crippen LogP contribution >= 0.6 is 11.3 Å². The van der Waals surface area contributed by atoms with Crippen LogP contribution in [-0.4, -0.2) is 11.5 Å². The Balaban J connectivity index is 2.23. The minimum Gasteiger partial charge on any atom is -0.309 e. The summed E-state index contributed by atoms with van der Waals surface area (Å²) in [5, 5.41) is 4.82. The van der Waals surface area contributed by atoms with Crippen molar-refractivity contribution in [3.05, 3.63) is 51.0 Å². The van der Waals surface area contributed by atoms with Gasteiger partial charge in [-0.2, -0.15) is 0 Å². The standard InChI is InChI=1S/C17H24N2S/c1-5-9-18-16(17-11-19-14(4)20-17)10-15-12(2)7-6-8-13(15)3/h6-8,11,16,18H,5,9-10H2,1-4H3. The fourth-order valence-electron chi connectivity index (χ4n) is 2.51. The number of aromatic nitrogens is 1. The van der Waals surface area contributed by atoms with E-state index in [9.17, 15) is 0 Å². The predicted octanol–water partition coefficient (Wildman–Crippen LogP) is 4.35. The highest BCUT2D eigenvalue weighted by Gasteiger charge is 2.16. The lowest BCUT2D eigenvalue weighted by atomic mass is 9.96. The number of hydrogen-bond donors (Lipinski definition) is 1. The lowest BCUT2D eigenvalue weighted by molar-refractivity contribution is 0.534. The molecule has 0 saturated carbocycles. The van der Waals surface area contributed by atoms with Crippen molar-refractivity contribution < 1.29 is 0 Å². The molecule has 1 unspecified atom stereocenters. The Kier molecular flexibility index (Phi) is 5.32. The first-order valence-corrected chi connectivity index (χ1v) is 8.14. The SMILES string of the molecule is CCCNC(Cc1c(C)cccc1C)c1cnc(C)s1. The zero-order valence-corrected chi connectivity index (χ0v) is 13.7. The molecule has 0 spiro atoms. The molecular weight excluding hydrogens is 264 g/mol. The van der Waals surface area contributed by atoms with E-state index in [1.165, 1.54) is 21.6 Å². The van der Waals surface area contributed by atoms with Crippen LogP contribution in [0.5, 0.6) is 0 Å². The van der Waals surface area contributed by atoms with Crippen LogP contribution in [0.4, 0.5) is 0 Å². The third-order valence-electron chi connectivity index (χ3n) is 3.68. The summed E-state index contributed by atoms with van der Waals surface area (Å²) in [5.41, 5.74) is 4.23. The van der Waals surface area contributed by atoms with Gasteiger partial charge in [-0.1, -0.05) is 25.1 Å². The van der Waals surface area contributed by atoms with Crippen molar-refractivity contribution in [3.8, 4) is 0 Å². The van der Waals surface area contributed by atoms with E-state index < -0.39 is 0 Å². The van der Waals surface area contributed by atoms with E-state index in [2.05, 4.69) is 56.2 Å². The van der Waals surface area contributed by atoms with Gasteiger partial charge in [-0.15, -0.1) is 11.3 Å². The maximum atomic E-state index is 4.41. The first kappa shape index (κ1) is 15.2. The Bertz CT molecular complexity index is 540. The minimum atomic E-state index is 0.376. The van der Waals surface area contributed by atoms with Gasteiger partial charge in [0.15, 0.2) is 0 Å². The Morgan fingerprint density at radius 3 is 2.45 bits per heavy atom. The van der Waals surface area contributed by atoms with Crippen LogP contribution in [0.15, 0.2) is 24.4 Å². The summed E-state index contributed by atoms with van der Waals surface area (Å²) < 4.78 is 0. The van der Waals surface area contributed by atoms with Gasteiger partial charge in [0.25, 0.3) is 0 Å². The zero-order valence-electron chi connectivity index (χ0n) is 12.9. The third-order valence-corrected chi connectivity index (χ3v) is 4.70. The van der Waals surface area contributed by atoms with E-state index in [0.29, 0.717) is 6.04 Å². The molecule has 1 aromatic carbocycles. The Morgan fingerprint density at radius 2 is 1.90 bits per heavy atom. The number of benzene rings is 1. The van der Waals surface area contributed by atoms with Crippen LogP contribution in [0.3, 0.4) is 0 Å². The Hall–Kier alpha value is -1.19.